The molecule has 0 unspecified atom stereocenters. The Hall–Kier alpha value is -2.09. The number of carboxylic acid groups (broad SMARTS) is 1. The molecule has 0 amide bonds. The average Bonchev–Trinajstić information content (AvgIpc) is 2.71. The summed E-state index contributed by atoms with van der Waals surface area (Å²) < 4.78 is 13.6. The van der Waals surface area contributed by atoms with Crippen molar-refractivity contribution in [3.8, 4) is 6.07 Å². The van der Waals surface area contributed by atoms with Gasteiger partial charge in [0.05, 0.1) is 11.1 Å². The molecule has 21 heavy (non-hydrogen) atoms. The number of aliphatic carboxylic acids is 1. The molecule has 0 radical (unpaired) electrons. The number of benzene rings is 1. The number of hydrogen-bond acceptors (Lipinski definition) is 3. The van der Waals surface area contributed by atoms with Crippen LogP contribution < -0.4 is 5.32 Å². The summed E-state index contributed by atoms with van der Waals surface area (Å²) in [4.78, 5) is 11.7. The van der Waals surface area contributed by atoms with Crippen LogP contribution in [0.15, 0.2) is 18.2 Å². The number of nitrogens with one attached hydrogen (secondary N) is 1. The Balaban J connectivity index is 2.18. The molecule has 0 saturated heterocycles. The smallest absolute Gasteiger partial charge is 0.311 e. The topological polar surface area (TPSA) is 73.1 Å². The third-order valence-electron chi connectivity index (χ3n) is 4.26. The van der Waals surface area contributed by atoms with Gasteiger partial charge in [-0.1, -0.05) is 31.7 Å². The number of nitrogens with zero attached hydrogens (tertiary/aromatic N) is 1. The maximum absolute atomic E-state index is 13.6. The van der Waals surface area contributed by atoms with E-state index >= 15 is 0 Å². The molecule has 5 heteroatoms. The summed E-state index contributed by atoms with van der Waals surface area (Å²) in [6, 6.07) is 6.16. The van der Waals surface area contributed by atoms with E-state index < -0.39 is 17.2 Å². The lowest BCUT2D eigenvalue weighted by molar-refractivity contribution is -0.149. The summed E-state index contributed by atoms with van der Waals surface area (Å²) >= 11 is 0. The number of rotatable bonds is 4. The molecule has 1 aromatic carbocycles. The minimum absolute atomic E-state index is 0.0633. The molecule has 1 aliphatic carbocycles. The van der Waals surface area contributed by atoms with E-state index in [-0.39, 0.29) is 12.1 Å². The highest BCUT2D eigenvalue weighted by atomic mass is 19.1. The third-order valence-corrected chi connectivity index (χ3v) is 4.26. The molecule has 1 aliphatic rings. The van der Waals surface area contributed by atoms with Crippen LogP contribution in [0.4, 0.5) is 10.1 Å². The third kappa shape index (κ3) is 3.33. The second-order valence-electron chi connectivity index (χ2n) is 5.63. The van der Waals surface area contributed by atoms with Crippen molar-refractivity contribution in [2.45, 2.75) is 38.5 Å². The highest BCUT2D eigenvalue weighted by Gasteiger charge is 2.38. The predicted molar refractivity (Wildman–Crippen MR) is 77.4 cm³/mol. The maximum Gasteiger partial charge on any atom is 0.311 e. The Morgan fingerprint density at radius 2 is 2.00 bits per heavy atom. The summed E-state index contributed by atoms with van der Waals surface area (Å²) in [7, 11) is 0. The molecule has 1 saturated carbocycles. The van der Waals surface area contributed by atoms with Crippen LogP contribution in [0.25, 0.3) is 0 Å². The van der Waals surface area contributed by atoms with Crippen molar-refractivity contribution in [1.29, 1.82) is 5.26 Å². The van der Waals surface area contributed by atoms with Crippen LogP contribution >= 0.6 is 0 Å². The lowest BCUT2D eigenvalue weighted by Crippen LogP contribution is -2.37. The zero-order valence-electron chi connectivity index (χ0n) is 11.9. The van der Waals surface area contributed by atoms with E-state index in [0.29, 0.717) is 18.5 Å². The predicted octanol–water partition coefficient (Wildman–Crippen LogP) is 3.53. The van der Waals surface area contributed by atoms with Crippen molar-refractivity contribution in [2.75, 3.05) is 11.9 Å². The first kappa shape index (κ1) is 15.3. The van der Waals surface area contributed by atoms with E-state index in [0.717, 1.165) is 25.7 Å². The summed E-state index contributed by atoms with van der Waals surface area (Å²) in [5, 5.41) is 21.6. The van der Waals surface area contributed by atoms with Crippen LogP contribution in [0, 0.1) is 22.6 Å². The standard InChI is InChI=1S/C16H19FN2O2/c17-13-6-5-7-14(12(13)10-18)19-11-16(15(20)21)8-3-1-2-4-9-16/h5-7,19H,1-4,8-9,11H2,(H,20,21). The average molecular weight is 290 g/mol. The van der Waals surface area contributed by atoms with Crippen molar-refractivity contribution in [3.05, 3.63) is 29.6 Å². The van der Waals surface area contributed by atoms with E-state index in [2.05, 4.69) is 5.32 Å². The fraction of sp³-hybridized carbons (Fsp3) is 0.500. The molecule has 2 rings (SSSR count). The van der Waals surface area contributed by atoms with Gasteiger partial charge in [-0.2, -0.15) is 5.26 Å². The normalized spacial score (nSPS) is 17.5. The van der Waals surface area contributed by atoms with E-state index in [1.165, 1.54) is 12.1 Å². The lowest BCUT2D eigenvalue weighted by Gasteiger charge is -2.28. The summed E-state index contributed by atoms with van der Waals surface area (Å²) in [5.41, 5.74) is -0.524. The quantitative estimate of drug-likeness (QED) is 0.832. The largest absolute Gasteiger partial charge is 0.481 e. The molecule has 0 heterocycles. The van der Waals surface area contributed by atoms with Gasteiger partial charge in [0.2, 0.25) is 0 Å². The Morgan fingerprint density at radius 3 is 2.57 bits per heavy atom. The fourth-order valence-corrected chi connectivity index (χ4v) is 2.92. The molecule has 2 N–H and O–H groups in total. The Kier molecular flexibility index (Phi) is 4.79. The van der Waals surface area contributed by atoms with Gasteiger partial charge in [-0.05, 0) is 25.0 Å². The molecule has 0 aromatic heterocycles. The van der Waals surface area contributed by atoms with Gasteiger partial charge in [-0.15, -0.1) is 0 Å². The van der Waals surface area contributed by atoms with Crippen LogP contribution in [-0.2, 0) is 4.79 Å². The molecule has 1 aromatic rings. The fourth-order valence-electron chi connectivity index (χ4n) is 2.92. The van der Waals surface area contributed by atoms with Gasteiger partial charge in [0.1, 0.15) is 17.4 Å². The van der Waals surface area contributed by atoms with Crippen molar-refractivity contribution < 1.29 is 14.3 Å². The van der Waals surface area contributed by atoms with E-state index in [1.54, 1.807) is 6.07 Å². The van der Waals surface area contributed by atoms with Crippen molar-refractivity contribution in [1.82, 2.24) is 0 Å². The lowest BCUT2D eigenvalue weighted by atomic mass is 9.80. The monoisotopic (exact) mass is 290 g/mol. The van der Waals surface area contributed by atoms with Gasteiger partial charge in [-0.25, -0.2) is 4.39 Å². The summed E-state index contributed by atoms with van der Waals surface area (Å²) in [5.74, 6) is -1.40. The number of hydrogen-bond donors (Lipinski definition) is 2. The first-order valence-electron chi connectivity index (χ1n) is 7.25. The van der Waals surface area contributed by atoms with Gasteiger partial charge < -0.3 is 10.4 Å². The zero-order chi connectivity index (χ0) is 15.3. The minimum Gasteiger partial charge on any atom is -0.481 e. The second kappa shape index (κ2) is 6.57. The zero-order valence-corrected chi connectivity index (χ0v) is 11.9. The van der Waals surface area contributed by atoms with E-state index in [9.17, 15) is 14.3 Å². The SMILES string of the molecule is N#Cc1c(F)cccc1NCC1(C(=O)O)CCCCCC1. The van der Waals surface area contributed by atoms with Crippen molar-refractivity contribution >= 4 is 11.7 Å². The molecule has 1 fully saturated rings. The number of anilines is 1. The molecular weight excluding hydrogens is 271 g/mol. The molecule has 0 bridgehead atoms. The number of carboxylic acids is 1. The van der Waals surface area contributed by atoms with Crippen LogP contribution in [-0.4, -0.2) is 17.6 Å². The van der Waals surface area contributed by atoms with Crippen LogP contribution in [0.2, 0.25) is 0 Å². The number of halogens is 1. The van der Waals surface area contributed by atoms with Crippen LogP contribution in [0.1, 0.15) is 44.1 Å². The number of carbonyl (C=O) groups is 1. The Bertz CT molecular complexity index is 558. The minimum atomic E-state index is -0.824. The number of nitriles is 1. The highest BCUT2D eigenvalue weighted by molar-refractivity contribution is 5.76. The Morgan fingerprint density at radius 1 is 1.33 bits per heavy atom. The van der Waals surface area contributed by atoms with Gasteiger partial charge in [0.15, 0.2) is 0 Å². The van der Waals surface area contributed by atoms with Crippen LogP contribution in [0.5, 0.6) is 0 Å². The first-order chi connectivity index (χ1) is 10.1. The molecule has 0 spiro atoms. The van der Waals surface area contributed by atoms with E-state index in [4.69, 9.17) is 5.26 Å². The van der Waals surface area contributed by atoms with Crippen LogP contribution in [0.3, 0.4) is 0 Å². The molecule has 0 atom stereocenters. The molecule has 0 aliphatic heterocycles. The summed E-state index contributed by atoms with van der Waals surface area (Å²) in [6.07, 6.45) is 5.13. The molecule has 4 nitrogen and oxygen atoms in total. The second-order valence-corrected chi connectivity index (χ2v) is 5.63. The summed E-state index contributed by atoms with van der Waals surface area (Å²) in [6.45, 7) is 0.223. The van der Waals surface area contributed by atoms with Gasteiger partial charge in [0, 0.05) is 6.54 Å². The van der Waals surface area contributed by atoms with E-state index in [1.807, 2.05) is 6.07 Å². The van der Waals surface area contributed by atoms with Crippen molar-refractivity contribution in [3.63, 3.8) is 0 Å². The molecular formula is C16H19FN2O2. The van der Waals surface area contributed by atoms with Gasteiger partial charge in [-0.3, -0.25) is 4.79 Å². The van der Waals surface area contributed by atoms with Gasteiger partial charge >= 0.3 is 5.97 Å². The first-order valence-corrected chi connectivity index (χ1v) is 7.25. The van der Waals surface area contributed by atoms with Crippen molar-refractivity contribution in [2.24, 2.45) is 5.41 Å². The maximum atomic E-state index is 13.6. The van der Waals surface area contributed by atoms with Gasteiger partial charge in [0.25, 0.3) is 0 Å². The highest BCUT2D eigenvalue weighted by Crippen LogP contribution is 2.36. The Labute approximate surface area is 123 Å². The molecule has 112 valence electrons.